The summed E-state index contributed by atoms with van der Waals surface area (Å²) in [5.74, 6) is 0.224. The highest BCUT2D eigenvalue weighted by molar-refractivity contribution is 7.15. The van der Waals surface area contributed by atoms with Crippen molar-refractivity contribution in [3.63, 3.8) is 0 Å². The highest BCUT2D eigenvalue weighted by atomic mass is 32.1. The lowest BCUT2D eigenvalue weighted by atomic mass is 10.1. The van der Waals surface area contributed by atoms with Gasteiger partial charge in [-0.2, -0.15) is 0 Å². The minimum atomic E-state index is -0.363. The highest BCUT2D eigenvalue weighted by Gasteiger charge is 2.13. The van der Waals surface area contributed by atoms with Crippen LogP contribution in [0.3, 0.4) is 0 Å². The maximum atomic E-state index is 13.1. The molecule has 0 unspecified atom stereocenters. The number of halogens is 1. The van der Waals surface area contributed by atoms with Gasteiger partial charge in [-0.05, 0) is 66.2 Å². The van der Waals surface area contributed by atoms with Gasteiger partial charge in [0.05, 0.1) is 17.6 Å². The molecule has 0 bridgehead atoms. The lowest BCUT2D eigenvalue weighted by Gasteiger charge is -2.11. The van der Waals surface area contributed by atoms with Crippen LogP contribution in [0.4, 0.5) is 21.7 Å². The van der Waals surface area contributed by atoms with E-state index in [1.165, 1.54) is 30.6 Å². The Balaban J connectivity index is 1.31. The first-order valence-electron chi connectivity index (χ1n) is 10.4. The fourth-order valence-corrected chi connectivity index (χ4v) is 4.43. The molecule has 2 aromatic carbocycles. The number of aromatic nitrogens is 3. The summed E-state index contributed by atoms with van der Waals surface area (Å²) in [6.45, 7) is 0.497. The van der Waals surface area contributed by atoms with Crippen molar-refractivity contribution in [3.05, 3.63) is 95.5 Å². The van der Waals surface area contributed by atoms with E-state index in [9.17, 15) is 9.18 Å². The first-order chi connectivity index (χ1) is 16.6. The van der Waals surface area contributed by atoms with E-state index in [2.05, 4.69) is 25.6 Å². The quantitative estimate of drug-likeness (QED) is 0.309. The van der Waals surface area contributed by atoms with Crippen molar-refractivity contribution < 1.29 is 9.18 Å². The number of nitrogen functional groups attached to an aromatic ring is 1. The standard InChI is InChI=1S/C25H19FN6OS/c26-16-4-6-17(7-5-16)32-25(33)19-2-1-11-28-24(19)29-13-18-8-10-22(34-18)15-3-9-21-20(12-15)23(27)31-14-30-21/h1-12,14H,13H2,(H,28,29)(H,32,33)(H2,27,30,31). The minimum absolute atomic E-state index is 0.329. The summed E-state index contributed by atoms with van der Waals surface area (Å²) in [6.07, 6.45) is 3.08. The number of nitrogens with two attached hydrogens (primary N) is 1. The lowest BCUT2D eigenvalue weighted by Crippen LogP contribution is -2.15. The smallest absolute Gasteiger partial charge is 0.259 e. The summed E-state index contributed by atoms with van der Waals surface area (Å²) in [7, 11) is 0. The Morgan fingerprint density at radius 1 is 1.00 bits per heavy atom. The predicted octanol–water partition coefficient (Wildman–Crippen LogP) is 5.34. The molecule has 4 N–H and O–H groups in total. The van der Waals surface area contributed by atoms with Gasteiger partial charge in [-0.15, -0.1) is 11.3 Å². The molecule has 0 aliphatic rings. The number of carbonyl (C=O) groups excluding carboxylic acids is 1. The molecule has 168 valence electrons. The lowest BCUT2D eigenvalue weighted by molar-refractivity contribution is 0.102. The van der Waals surface area contributed by atoms with Gasteiger partial charge in [0, 0.05) is 27.0 Å². The summed E-state index contributed by atoms with van der Waals surface area (Å²) in [5.41, 5.74) is 8.73. The molecular weight excluding hydrogens is 451 g/mol. The molecule has 7 nitrogen and oxygen atoms in total. The predicted molar refractivity (Wildman–Crippen MR) is 133 cm³/mol. The number of pyridine rings is 1. The SMILES string of the molecule is Nc1ncnc2ccc(-c3ccc(CNc4ncccc4C(=O)Nc4ccc(F)cc4)s3)cc12. The summed E-state index contributed by atoms with van der Waals surface area (Å²) >= 11 is 1.63. The summed E-state index contributed by atoms with van der Waals surface area (Å²) < 4.78 is 13.1. The molecule has 9 heteroatoms. The molecule has 3 heterocycles. The number of fused-ring (bicyclic) bond motifs is 1. The number of rotatable bonds is 6. The van der Waals surface area contributed by atoms with Gasteiger partial charge in [-0.1, -0.05) is 6.07 Å². The van der Waals surface area contributed by atoms with Crippen LogP contribution in [0.25, 0.3) is 21.3 Å². The number of nitrogens with one attached hydrogen (secondary N) is 2. The Bertz CT molecular complexity index is 1480. The second-order valence-corrected chi connectivity index (χ2v) is 8.64. The zero-order valence-electron chi connectivity index (χ0n) is 17.8. The van der Waals surface area contributed by atoms with Gasteiger partial charge in [0.25, 0.3) is 5.91 Å². The molecule has 34 heavy (non-hydrogen) atoms. The molecule has 0 aliphatic heterocycles. The number of benzene rings is 2. The van der Waals surface area contributed by atoms with Crippen LogP contribution in [0.2, 0.25) is 0 Å². The van der Waals surface area contributed by atoms with Crippen molar-refractivity contribution in [1.29, 1.82) is 0 Å². The molecule has 3 aromatic heterocycles. The summed E-state index contributed by atoms with van der Waals surface area (Å²) in [4.78, 5) is 27.5. The third-order valence-electron chi connectivity index (χ3n) is 5.20. The number of hydrogen-bond acceptors (Lipinski definition) is 7. The van der Waals surface area contributed by atoms with Gasteiger partial charge in [-0.25, -0.2) is 19.3 Å². The molecule has 5 aromatic rings. The van der Waals surface area contributed by atoms with Crippen LogP contribution in [-0.2, 0) is 6.54 Å². The average molecular weight is 471 g/mol. The normalized spacial score (nSPS) is 10.9. The Morgan fingerprint density at radius 2 is 1.85 bits per heavy atom. The van der Waals surface area contributed by atoms with Crippen molar-refractivity contribution in [1.82, 2.24) is 15.0 Å². The van der Waals surface area contributed by atoms with E-state index in [0.29, 0.717) is 29.4 Å². The number of hydrogen-bond donors (Lipinski definition) is 3. The molecule has 0 aliphatic carbocycles. The van der Waals surface area contributed by atoms with Crippen LogP contribution >= 0.6 is 11.3 Å². The van der Waals surface area contributed by atoms with Crippen LogP contribution in [-0.4, -0.2) is 20.9 Å². The van der Waals surface area contributed by atoms with Gasteiger partial charge in [0.2, 0.25) is 0 Å². The van der Waals surface area contributed by atoms with Crippen molar-refractivity contribution in [3.8, 4) is 10.4 Å². The number of carbonyl (C=O) groups is 1. The molecule has 0 spiro atoms. The highest BCUT2D eigenvalue weighted by Crippen LogP contribution is 2.31. The molecule has 5 rings (SSSR count). The number of anilines is 3. The monoisotopic (exact) mass is 470 g/mol. The minimum Gasteiger partial charge on any atom is -0.383 e. The Kier molecular flexibility index (Phi) is 5.84. The van der Waals surface area contributed by atoms with E-state index < -0.39 is 0 Å². The van der Waals surface area contributed by atoms with Gasteiger partial charge in [0.15, 0.2) is 0 Å². The Labute approximate surface area is 198 Å². The molecule has 0 radical (unpaired) electrons. The van der Waals surface area contributed by atoms with Crippen molar-refractivity contribution >= 4 is 45.5 Å². The molecule has 0 saturated carbocycles. The Morgan fingerprint density at radius 3 is 2.71 bits per heavy atom. The van der Waals surface area contributed by atoms with Crippen LogP contribution in [0.1, 0.15) is 15.2 Å². The first kappa shape index (κ1) is 21.5. The first-order valence-corrected chi connectivity index (χ1v) is 11.2. The van der Waals surface area contributed by atoms with E-state index >= 15 is 0 Å². The van der Waals surface area contributed by atoms with Crippen molar-refractivity contribution in [2.24, 2.45) is 0 Å². The maximum absolute atomic E-state index is 13.1. The number of amides is 1. The molecular formula is C25H19FN6OS. The van der Waals surface area contributed by atoms with Gasteiger partial charge >= 0.3 is 0 Å². The summed E-state index contributed by atoms with van der Waals surface area (Å²) in [6, 6.07) is 19.0. The number of nitrogens with zero attached hydrogens (tertiary/aromatic N) is 3. The molecule has 0 fully saturated rings. The van der Waals surface area contributed by atoms with Crippen LogP contribution < -0.4 is 16.4 Å². The topological polar surface area (TPSA) is 106 Å². The zero-order chi connectivity index (χ0) is 23.5. The molecule has 0 saturated heterocycles. The molecule has 1 amide bonds. The van der Waals surface area contributed by atoms with Gasteiger partial charge in [-0.3, -0.25) is 4.79 Å². The summed E-state index contributed by atoms with van der Waals surface area (Å²) in [5, 5.41) is 6.83. The second-order valence-electron chi connectivity index (χ2n) is 7.47. The third-order valence-corrected chi connectivity index (χ3v) is 6.33. The van der Waals surface area contributed by atoms with E-state index in [1.54, 1.807) is 29.7 Å². The fraction of sp³-hybridized carbons (Fsp3) is 0.0400. The van der Waals surface area contributed by atoms with E-state index in [-0.39, 0.29) is 11.7 Å². The fourth-order valence-electron chi connectivity index (χ4n) is 3.49. The zero-order valence-corrected chi connectivity index (χ0v) is 18.6. The van der Waals surface area contributed by atoms with Gasteiger partial charge in [0.1, 0.15) is 23.8 Å². The van der Waals surface area contributed by atoms with Crippen LogP contribution in [0.5, 0.6) is 0 Å². The van der Waals surface area contributed by atoms with Crippen LogP contribution in [0.15, 0.2) is 79.3 Å². The number of thiophene rings is 1. The average Bonchev–Trinajstić information content (AvgIpc) is 3.33. The van der Waals surface area contributed by atoms with Crippen LogP contribution in [0, 0.1) is 5.82 Å². The molecule has 0 atom stereocenters. The van der Waals surface area contributed by atoms with Crippen molar-refractivity contribution in [2.75, 3.05) is 16.4 Å². The largest absolute Gasteiger partial charge is 0.383 e. The van der Waals surface area contributed by atoms with Gasteiger partial charge < -0.3 is 16.4 Å². The maximum Gasteiger partial charge on any atom is 0.259 e. The third kappa shape index (κ3) is 4.55. The van der Waals surface area contributed by atoms with E-state index in [4.69, 9.17) is 5.73 Å². The Hall–Kier alpha value is -4.37. The van der Waals surface area contributed by atoms with E-state index in [0.717, 1.165) is 26.2 Å². The second kappa shape index (κ2) is 9.24. The van der Waals surface area contributed by atoms with E-state index in [1.807, 2.05) is 30.3 Å². The van der Waals surface area contributed by atoms with Crippen molar-refractivity contribution in [2.45, 2.75) is 6.54 Å².